The monoisotopic (exact) mass is 765 g/mol. The van der Waals surface area contributed by atoms with Gasteiger partial charge in [0, 0.05) is 19.9 Å². The molecule has 5 aromatic rings. The molecule has 0 aliphatic carbocycles. The molecule has 7 nitrogen and oxygen atoms in total. The van der Waals surface area contributed by atoms with E-state index < -0.39 is 17.7 Å². The van der Waals surface area contributed by atoms with Crippen LogP contribution in [0.5, 0.6) is 5.75 Å². The van der Waals surface area contributed by atoms with Gasteiger partial charge in [0.05, 0.1) is 11.6 Å². The third-order valence-electron chi connectivity index (χ3n) is 7.29. The third kappa shape index (κ3) is 6.94. The lowest BCUT2D eigenvalue weighted by molar-refractivity contribution is -0.132. The maximum Gasteiger partial charge on any atom is 0.301 e. The first-order valence-electron chi connectivity index (χ1n) is 13.8. The molecule has 0 bridgehead atoms. The lowest BCUT2D eigenvalue weighted by Crippen LogP contribution is -2.29. The van der Waals surface area contributed by atoms with E-state index in [4.69, 9.17) is 16.3 Å². The number of carbonyl (C=O) groups excluding carboxylic acids is 2. The van der Waals surface area contributed by atoms with Gasteiger partial charge in [0.2, 0.25) is 5.13 Å². The number of halogens is 2. The SMILES string of the molecule is Cc1ccccc1COc1ccc(C(O)=C2C(=O)C(=O)N(c3nnc(SCc4ccc(Cl)cc4)s3)C2c2ccc(I)cc2)cc1. The average molecular weight is 766 g/mol. The number of aliphatic hydroxyl groups is 1. The number of ketones is 1. The minimum atomic E-state index is -0.888. The second-order valence-electron chi connectivity index (χ2n) is 10.2. The first kappa shape index (κ1) is 31.3. The number of anilines is 1. The van der Waals surface area contributed by atoms with Crippen LogP contribution in [0.4, 0.5) is 5.13 Å². The zero-order valence-electron chi connectivity index (χ0n) is 23.8. The van der Waals surface area contributed by atoms with Gasteiger partial charge in [0.1, 0.15) is 18.1 Å². The molecule has 1 aliphatic heterocycles. The zero-order chi connectivity index (χ0) is 31.5. The molecule has 6 rings (SSSR count). The van der Waals surface area contributed by atoms with Gasteiger partial charge in [-0.3, -0.25) is 14.5 Å². The van der Waals surface area contributed by atoms with Crippen LogP contribution < -0.4 is 9.64 Å². The number of rotatable bonds is 9. The average Bonchev–Trinajstić information content (AvgIpc) is 3.62. The van der Waals surface area contributed by atoms with Crippen LogP contribution >= 0.6 is 57.3 Å². The summed E-state index contributed by atoms with van der Waals surface area (Å²) in [6.07, 6.45) is 0. The van der Waals surface area contributed by atoms with Crippen molar-refractivity contribution in [3.05, 3.63) is 139 Å². The summed E-state index contributed by atoms with van der Waals surface area (Å²) in [6, 6.07) is 28.9. The molecular weight excluding hydrogens is 741 g/mol. The Morgan fingerprint density at radius 3 is 2.40 bits per heavy atom. The largest absolute Gasteiger partial charge is 0.507 e. The van der Waals surface area contributed by atoms with E-state index in [9.17, 15) is 14.7 Å². The van der Waals surface area contributed by atoms with Crippen molar-refractivity contribution in [3.63, 3.8) is 0 Å². The van der Waals surface area contributed by atoms with Crippen LogP contribution in [0.3, 0.4) is 0 Å². The molecule has 2 heterocycles. The minimum absolute atomic E-state index is 0.0136. The van der Waals surface area contributed by atoms with Crippen molar-refractivity contribution in [2.75, 3.05) is 4.90 Å². The Kier molecular flexibility index (Phi) is 9.55. The van der Waals surface area contributed by atoms with E-state index in [1.165, 1.54) is 28.0 Å². The van der Waals surface area contributed by atoms with Gasteiger partial charge in [0.25, 0.3) is 5.78 Å². The Morgan fingerprint density at radius 1 is 0.978 bits per heavy atom. The van der Waals surface area contributed by atoms with Crippen LogP contribution in [-0.2, 0) is 21.9 Å². The molecule has 1 saturated heterocycles. The van der Waals surface area contributed by atoms with Gasteiger partial charge < -0.3 is 9.84 Å². The number of amides is 1. The van der Waals surface area contributed by atoms with Crippen molar-refractivity contribution in [1.29, 1.82) is 0 Å². The second kappa shape index (κ2) is 13.7. The molecule has 1 unspecified atom stereocenters. The summed E-state index contributed by atoms with van der Waals surface area (Å²) < 4.78 is 7.59. The fourth-order valence-electron chi connectivity index (χ4n) is 4.87. The van der Waals surface area contributed by atoms with Crippen molar-refractivity contribution < 1.29 is 19.4 Å². The fraction of sp³-hybridized carbons (Fsp3) is 0.118. The number of thioether (sulfide) groups is 1. The topological polar surface area (TPSA) is 92.6 Å². The summed E-state index contributed by atoms with van der Waals surface area (Å²) in [5.41, 5.74) is 4.32. The molecule has 1 atom stereocenters. The molecule has 1 aromatic heterocycles. The summed E-state index contributed by atoms with van der Waals surface area (Å²) in [6.45, 7) is 2.43. The van der Waals surface area contributed by atoms with Gasteiger partial charge in [-0.25, -0.2) is 0 Å². The summed E-state index contributed by atoms with van der Waals surface area (Å²) in [5.74, 6) is -0.589. The highest BCUT2D eigenvalue weighted by atomic mass is 127. The Bertz CT molecular complexity index is 1890. The predicted molar refractivity (Wildman–Crippen MR) is 187 cm³/mol. The van der Waals surface area contributed by atoms with Crippen LogP contribution in [0.1, 0.15) is 33.9 Å². The van der Waals surface area contributed by atoms with Gasteiger partial charge >= 0.3 is 5.91 Å². The first-order chi connectivity index (χ1) is 21.8. The van der Waals surface area contributed by atoms with Crippen molar-refractivity contribution in [1.82, 2.24) is 10.2 Å². The maximum absolute atomic E-state index is 13.6. The molecule has 1 N–H and O–H groups in total. The van der Waals surface area contributed by atoms with Gasteiger partial charge in [-0.05, 0) is 100 Å². The third-order valence-corrected chi connectivity index (χ3v) is 10.4. The van der Waals surface area contributed by atoms with Crippen molar-refractivity contribution >= 4 is 79.9 Å². The molecule has 4 aromatic carbocycles. The van der Waals surface area contributed by atoms with E-state index in [0.717, 1.165) is 20.3 Å². The first-order valence-corrected chi connectivity index (χ1v) is 17.1. The number of aliphatic hydroxyl groups excluding tert-OH is 1. The van der Waals surface area contributed by atoms with E-state index in [1.807, 2.05) is 79.7 Å². The number of aromatic nitrogens is 2. The van der Waals surface area contributed by atoms with Gasteiger partial charge in [-0.1, -0.05) is 83.2 Å². The molecule has 11 heteroatoms. The smallest absolute Gasteiger partial charge is 0.301 e. The summed E-state index contributed by atoms with van der Waals surface area (Å²) in [4.78, 5) is 28.4. The Balaban J connectivity index is 1.29. The van der Waals surface area contributed by atoms with E-state index in [1.54, 1.807) is 24.3 Å². The molecule has 0 radical (unpaired) electrons. The van der Waals surface area contributed by atoms with Crippen LogP contribution in [0, 0.1) is 10.5 Å². The molecule has 1 fully saturated rings. The molecule has 226 valence electrons. The fourth-order valence-corrected chi connectivity index (χ4v) is 7.18. The van der Waals surface area contributed by atoms with Crippen LogP contribution in [0.25, 0.3) is 5.76 Å². The number of Topliss-reactive ketones (excluding diaryl/α,β-unsaturated/α-hetero) is 1. The summed E-state index contributed by atoms with van der Waals surface area (Å²) in [5, 5.41) is 21.0. The normalized spacial score (nSPS) is 15.9. The lowest BCUT2D eigenvalue weighted by atomic mass is 9.95. The van der Waals surface area contributed by atoms with Crippen LogP contribution in [0.2, 0.25) is 5.02 Å². The number of ether oxygens (including phenoxy) is 1. The van der Waals surface area contributed by atoms with E-state index in [-0.39, 0.29) is 16.5 Å². The molecule has 1 aliphatic rings. The van der Waals surface area contributed by atoms with E-state index in [0.29, 0.717) is 38.6 Å². The quantitative estimate of drug-likeness (QED) is 0.0402. The van der Waals surface area contributed by atoms with E-state index >= 15 is 0 Å². The van der Waals surface area contributed by atoms with Crippen molar-refractivity contribution in [2.24, 2.45) is 0 Å². The number of nitrogens with zero attached hydrogens (tertiary/aromatic N) is 3. The molecule has 1 amide bonds. The second-order valence-corrected chi connectivity index (χ2v) is 14.1. The standard InChI is InChI=1S/C34H25ClIN3O4S2/c1-20-4-2-3-5-24(20)18-43-27-16-10-23(11-17-27)30(40)28-29(22-8-14-26(36)15-9-22)39(32(42)31(28)41)33-37-38-34(45-33)44-19-21-6-12-25(35)13-7-21/h2-17,29,40H,18-19H2,1H3. The van der Waals surface area contributed by atoms with Gasteiger partial charge in [-0.15, -0.1) is 10.2 Å². The van der Waals surface area contributed by atoms with E-state index in [2.05, 4.69) is 32.8 Å². The number of carbonyl (C=O) groups is 2. The Hall–Kier alpha value is -3.71. The lowest BCUT2D eigenvalue weighted by Gasteiger charge is -2.22. The Labute approximate surface area is 287 Å². The molecule has 45 heavy (non-hydrogen) atoms. The number of benzene rings is 4. The predicted octanol–water partition coefficient (Wildman–Crippen LogP) is 8.60. The molecule has 0 saturated carbocycles. The highest BCUT2D eigenvalue weighted by Crippen LogP contribution is 2.44. The summed E-state index contributed by atoms with van der Waals surface area (Å²) >= 11 is 10.9. The van der Waals surface area contributed by atoms with Gasteiger partial charge in [0.15, 0.2) is 4.34 Å². The Morgan fingerprint density at radius 2 is 1.69 bits per heavy atom. The van der Waals surface area contributed by atoms with Crippen molar-refractivity contribution in [2.45, 2.75) is 29.7 Å². The molecule has 0 spiro atoms. The van der Waals surface area contributed by atoms with Crippen molar-refractivity contribution in [3.8, 4) is 5.75 Å². The number of hydrogen-bond acceptors (Lipinski definition) is 8. The maximum atomic E-state index is 13.6. The summed E-state index contributed by atoms with van der Waals surface area (Å²) in [7, 11) is 0. The highest BCUT2D eigenvalue weighted by Gasteiger charge is 2.48. The minimum Gasteiger partial charge on any atom is -0.507 e. The number of aryl methyl sites for hydroxylation is 1. The van der Waals surface area contributed by atoms with Crippen LogP contribution in [0.15, 0.2) is 107 Å². The highest BCUT2D eigenvalue weighted by molar-refractivity contribution is 14.1. The zero-order valence-corrected chi connectivity index (χ0v) is 28.4. The van der Waals surface area contributed by atoms with Gasteiger partial charge in [-0.2, -0.15) is 0 Å². The molecular formula is C34H25ClIN3O4S2. The van der Waals surface area contributed by atoms with Crippen LogP contribution in [-0.4, -0.2) is 27.0 Å². The number of hydrogen-bond donors (Lipinski definition) is 1.